The number of carbonyl (C=O) groups excluding carboxylic acids is 1. The molecule has 134 valence electrons. The van der Waals surface area contributed by atoms with Crippen LogP contribution in [0.1, 0.15) is 16.1 Å². The summed E-state index contributed by atoms with van der Waals surface area (Å²) >= 11 is 12.2. The Morgan fingerprint density at radius 1 is 1.35 bits per heavy atom. The molecule has 0 spiro atoms. The Bertz CT molecular complexity index is 996. The molecule has 2 heterocycles. The lowest BCUT2D eigenvalue weighted by Crippen LogP contribution is -2.18. The van der Waals surface area contributed by atoms with Crippen molar-refractivity contribution in [2.75, 3.05) is 5.32 Å². The van der Waals surface area contributed by atoms with Crippen molar-refractivity contribution in [1.29, 1.82) is 0 Å². The lowest BCUT2D eigenvalue weighted by Gasteiger charge is -2.11. The standard InChI is InChI=1S/C16H13Cl2N5O3/c1-21-9-11(23(25)26)7-13(21)16(24)20-14-5-6-19-22(14)8-10-3-2-4-12(17)15(10)18/h2-7,9H,8H2,1H3,(H,20,24). The highest BCUT2D eigenvalue weighted by atomic mass is 35.5. The largest absolute Gasteiger partial charge is 0.340 e. The number of carbonyl (C=O) groups is 1. The van der Waals surface area contributed by atoms with Crippen molar-refractivity contribution in [3.8, 4) is 0 Å². The van der Waals surface area contributed by atoms with Crippen LogP contribution < -0.4 is 5.32 Å². The van der Waals surface area contributed by atoms with Gasteiger partial charge in [-0.15, -0.1) is 0 Å². The first-order valence-electron chi connectivity index (χ1n) is 7.43. The van der Waals surface area contributed by atoms with Crippen LogP contribution in [0.15, 0.2) is 42.7 Å². The minimum Gasteiger partial charge on any atom is -0.340 e. The summed E-state index contributed by atoms with van der Waals surface area (Å²) in [6, 6.07) is 8.09. The van der Waals surface area contributed by atoms with E-state index in [0.717, 1.165) is 5.56 Å². The van der Waals surface area contributed by atoms with Gasteiger partial charge >= 0.3 is 0 Å². The van der Waals surface area contributed by atoms with Crippen molar-refractivity contribution < 1.29 is 9.72 Å². The van der Waals surface area contributed by atoms with Crippen LogP contribution in [0, 0.1) is 10.1 Å². The van der Waals surface area contributed by atoms with E-state index in [1.807, 2.05) is 6.07 Å². The highest BCUT2D eigenvalue weighted by Gasteiger charge is 2.19. The highest BCUT2D eigenvalue weighted by molar-refractivity contribution is 6.42. The zero-order valence-electron chi connectivity index (χ0n) is 13.5. The summed E-state index contributed by atoms with van der Waals surface area (Å²) in [4.78, 5) is 22.7. The van der Waals surface area contributed by atoms with Crippen molar-refractivity contribution >= 4 is 40.6 Å². The summed E-state index contributed by atoms with van der Waals surface area (Å²) in [7, 11) is 1.56. The smallest absolute Gasteiger partial charge is 0.287 e. The number of hydrogen-bond acceptors (Lipinski definition) is 4. The molecule has 10 heteroatoms. The van der Waals surface area contributed by atoms with Crippen molar-refractivity contribution in [1.82, 2.24) is 14.3 Å². The van der Waals surface area contributed by atoms with E-state index in [9.17, 15) is 14.9 Å². The molecule has 26 heavy (non-hydrogen) atoms. The maximum absolute atomic E-state index is 12.5. The highest BCUT2D eigenvalue weighted by Crippen LogP contribution is 2.26. The van der Waals surface area contributed by atoms with E-state index in [1.165, 1.54) is 23.0 Å². The number of anilines is 1. The van der Waals surface area contributed by atoms with Gasteiger partial charge in [0.15, 0.2) is 0 Å². The Hall–Kier alpha value is -2.84. The molecule has 3 aromatic rings. The molecule has 0 bridgehead atoms. The minimum absolute atomic E-state index is 0.156. The molecule has 0 aliphatic carbocycles. The fraction of sp³-hybridized carbons (Fsp3) is 0.125. The maximum atomic E-state index is 12.5. The third-order valence-corrected chi connectivity index (χ3v) is 4.60. The Kier molecular flexibility index (Phi) is 4.97. The van der Waals surface area contributed by atoms with Gasteiger partial charge in [-0.3, -0.25) is 14.9 Å². The molecule has 2 aromatic heterocycles. The quantitative estimate of drug-likeness (QED) is 0.527. The number of rotatable bonds is 5. The third-order valence-electron chi connectivity index (χ3n) is 3.74. The number of aryl methyl sites for hydroxylation is 1. The first-order valence-corrected chi connectivity index (χ1v) is 8.19. The number of aromatic nitrogens is 3. The van der Waals surface area contributed by atoms with E-state index in [0.29, 0.717) is 22.4 Å². The Labute approximate surface area is 158 Å². The van der Waals surface area contributed by atoms with Crippen molar-refractivity contribution in [2.24, 2.45) is 7.05 Å². The fourth-order valence-corrected chi connectivity index (χ4v) is 2.83. The van der Waals surface area contributed by atoms with E-state index in [4.69, 9.17) is 23.2 Å². The van der Waals surface area contributed by atoms with Gasteiger partial charge in [0.25, 0.3) is 11.6 Å². The normalized spacial score (nSPS) is 10.7. The van der Waals surface area contributed by atoms with E-state index >= 15 is 0 Å². The minimum atomic E-state index is -0.553. The lowest BCUT2D eigenvalue weighted by atomic mass is 10.2. The van der Waals surface area contributed by atoms with E-state index in [1.54, 1.807) is 29.9 Å². The average molecular weight is 394 g/mol. The lowest BCUT2D eigenvalue weighted by molar-refractivity contribution is -0.384. The van der Waals surface area contributed by atoms with Gasteiger partial charge in [0.2, 0.25) is 0 Å². The SMILES string of the molecule is Cn1cc([N+](=O)[O-])cc1C(=O)Nc1ccnn1Cc1cccc(Cl)c1Cl. The molecule has 0 fully saturated rings. The molecular formula is C16H13Cl2N5O3. The van der Waals surface area contributed by atoms with E-state index < -0.39 is 10.8 Å². The predicted molar refractivity (Wildman–Crippen MR) is 97.8 cm³/mol. The van der Waals surface area contributed by atoms with E-state index in [2.05, 4.69) is 10.4 Å². The zero-order valence-corrected chi connectivity index (χ0v) is 15.0. The second kappa shape index (κ2) is 7.19. The molecule has 8 nitrogen and oxygen atoms in total. The van der Waals surface area contributed by atoms with Gasteiger partial charge in [0.1, 0.15) is 11.5 Å². The van der Waals surface area contributed by atoms with Crippen molar-refractivity contribution in [3.05, 3.63) is 74.1 Å². The molecular weight excluding hydrogens is 381 g/mol. The van der Waals surface area contributed by atoms with E-state index in [-0.39, 0.29) is 11.4 Å². The monoisotopic (exact) mass is 393 g/mol. The van der Waals surface area contributed by atoms with Crippen LogP contribution in [0.3, 0.4) is 0 Å². The molecule has 3 rings (SSSR count). The van der Waals surface area contributed by atoms with Crippen molar-refractivity contribution in [3.63, 3.8) is 0 Å². The number of hydrogen-bond donors (Lipinski definition) is 1. The van der Waals surface area contributed by atoms with Crippen molar-refractivity contribution in [2.45, 2.75) is 6.54 Å². The second-order valence-corrected chi connectivity index (χ2v) is 6.28. The van der Waals surface area contributed by atoms with Crippen LogP contribution in [0.5, 0.6) is 0 Å². The van der Waals surface area contributed by atoms with Gasteiger partial charge in [0.05, 0.1) is 33.9 Å². The summed E-state index contributed by atoms with van der Waals surface area (Å²) in [6.45, 7) is 0.301. The Balaban J connectivity index is 1.82. The van der Waals surface area contributed by atoms with Gasteiger partial charge < -0.3 is 9.88 Å². The summed E-state index contributed by atoms with van der Waals surface area (Å²) in [5.74, 6) is -0.0607. The van der Waals surface area contributed by atoms with Crippen LogP contribution in [-0.2, 0) is 13.6 Å². The van der Waals surface area contributed by atoms with Crippen LogP contribution in [0.25, 0.3) is 0 Å². The van der Waals surface area contributed by atoms with Gasteiger partial charge in [-0.2, -0.15) is 5.10 Å². The summed E-state index contributed by atoms with van der Waals surface area (Å²) < 4.78 is 2.94. The number of nitrogens with one attached hydrogen (secondary N) is 1. The molecule has 0 radical (unpaired) electrons. The summed E-state index contributed by atoms with van der Waals surface area (Å²) in [6.07, 6.45) is 2.81. The average Bonchev–Trinajstić information content (AvgIpc) is 3.18. The van der Waals surface area contributed by atoms with Gasteiger partial charge in [-0.25, -0.2) is 4.68 Å². The summed E-state index contributed by atoms with van der Waals surface area (Å²) in [5.41, 5.74) is 0.745. The van der Waals surface area contributed by atoms with Gasteiger partial charge in [0, 0.05) is 19.2 Å². The third kappa shape index (κ3) is 3.56. The topological polar surface area (TPSA) is 95.0 Å². The number of nitro groups is 1. The number of amides is 1. The molecule has 0 unspecified atom stereocenters. The molecule has 0 saturated heterocycles. The number of halogens is 2. The molecule has 0 saturated carbocycles. The molecule has 0 aliphatic heterocycles. The summed E-state index contributed by atoms with van der Waals surface area (Å²) in [5, 5.41) is 18.6. The molecule has 1 aromatic carbocycles. The molecule has 0 aliphatic rings. The second-order valence-electron chi connectivity index (χ2n) is 5.49. The predicted octanol–water partition coefficient (Wildman–Crippen LogP) is 3.74. The maximum Gasteiger partial charge on any atom is 0.287 e. The van der Waals surface area contributed by atoms with Crippen LogP contribution in [-0.4, -0.2) is 25.2 Å². The van der Waals surface area contributed by atoms with Crippen LogP contribution >= 0.6 is 23.2 Å². The van der Waals surface area contributed by atoms with Crippen LogP contribution in [0.4, 0.5) is 11.5 Å². The first-order chi connectivity index (χ1) is 12.4. The number of nitrogens with zero attached hydrogens (tertiary/aromatic N) is 4. The Morgan fingerprint density at radius 3 is 2.81 bits per heavy atom. The first kappa shape index (κ1) is 18.0. The van der Waals surface area contributed by atoms with Gasteiger partial charge in [-0.05, 0) is 11.6 Å². The Morgan fingerprint density at radius 2 is 2.12 bits per heavy atom. The molecule has 1 amide bonds. The number of benzene rings is 1. The molecule has 1 N–H and O–H groups in total. The van der Waals surface area contributed by atoms with Crippen LogP contribution in [0.2, 0.25) is 10.0 Å². The fourth-order valence-electron chi connectivity index (χ4n) is 2.45. The van der Waals surface area contributed by atoms with Gasteiger partial charge in [-0.1, -0.05) is 35.3 Å². The molecule has 0 atom stereocenters. The zero-order chi connectivity index (χ0) is 18.8.